The predicted molar refractivity (Wildman–Crippen MR) is 142 cm³/mol. The normalized spacial score (nSPS) is 48.8. The van der Waals surface area contributed by atoms with Crippen LogP contribution in [0.25, 0.3) is 0 Å². The Bertz CT molecular complexity index is 977. The van der Waals surface area contributed by atoms with Gasteiger partial charge >= 0.3 is 11.9 Å². The van der Waals surface area contributed by atoms with Crippen LogP contribution in [0.1, 0.15) is 113 Å². The Morgan fingerprint density at radius 1 is 0.917 bits per heavy atom. The zero-order valence-corrected chi connectivity index (χ0v) is 24.1. The fraction of sp³-hybridized carbons (Fsp3) is 0.875. The second kappa shape index (κ2) is 8.09. The molecule has 4 fully saturated rings. The predicted octanol–water partition coefficient (Wildman–Crippen LogP) is 7.66. The van der Waals surface area contributed by atoms with Gasteiger partial charge in [-0.1, -0.05) is 60.1 Å². The average molecular weight is 499 g/mol. The standard InChI is InChI=1S/C32H50O4/c1-19(33)36-26-13-15-30(6)24(29(26,4)5)12-16-31(7)25(30)10-9-23-21-17-28(2,3)14-11-20(21)22(27(34)35)18-32(23,31)8/h9,20-22,24-26H,10-18H2,1-8H3,(H,34,35). The van der Waals surface area contributed by atoms with E-state index in [0.29, 0.717) is 23.7 Å². The maximum atomic E-state index is 12.7. The minimum atomic E-state index is -0.571. The Hall–Kier alpha value is -1.32. The molecule has 0 amide bonds. The van der Waals surface area contributed by atoms with Gasteiger partial charge in [-0.05, 0) is 103 Å². The van der Waals surface area contributed by atoms with Crippen molar-refractivity contribution in [2.45, 2.75) is 119 Å². The van der Waals surface area contributed by atoms with Crippen LogP contribution in [-0.2, 0) is 14.3 Å². The first-order valence-electron chi connectivity index (χ1n) is 14.7. The summed E-state index contributed by atoms with van der Waals surface area (Å²) in [5, 5.41) is 10.4. The minimum absolute atomic E-state index is 0.0148. The van der Waals surface area contributed by atoms with Crippen LogP contribution in [0.5, 0.6) is 0 Å². The number of aliphatic carboxylic acids is 1. The van der Waals surface area contributed by atoms with E-state index in [2.05, 4.69) is 54.5 Å². The van der Waals surface area contributed by atoms with Crippen LogP contribution in [0.2, 0.25) is 0 Å². The molecule has 0 aromatic heterocycles. The highest BCUT2D eigenvalue weighted by atomic mass is 16.5. The van der Waals surface area contributed by atoms with E-state index in [4.69, 9.17) is 4.74 Å². The van der Waals surface area contributed by atoms with Gasteiger partial charge in [0, 0.05) is 12.3 Å². The van der Waals surface area contributed by atoms with Gasteiger partial charge in [0.05, 0.1) is 5.92 Å². The molecule has 1 N–H and O–H groups in total. The van der Waals surface area contributed by atoms with Gasteiger partial charge in [-0.15, -0.1) is 0 Å². The third kappa shape index (κ3) is 3.51. The second-order valence-corrected chi connectivity index (χ2v) is 15.6. The molecule has 0 heterocycles. The van der Waals surface area contributed by atoms with Crippen molar-refractivity contribution in [3.05, 3.63) is 11.6 Å². The van der Waals surface area contributed by atoms with Gasteiger partial charge in [-0.2, -0.15) is 0 Å². The number of carbonyl (C=O) groups excluding carboxylic acids is 1. The summed E-state index contributed by atoms with van der Waals surface area (Å²) in [5.74, 6) is 0.761. The lowest BCUT2D eigenvalue weighted by Gasteiger charge is -2.71. The van der Waals surface area contributed by atoms with E-state index in [9.17, 15) is 14.7 Å². The summed E-state index contributed by atoms with van der Waals surface area (Å²) in [5.41, 5.74) is 2.03. The summed E-state index contributed by atoms with van der Waals surface area (Å²) < 4.78 is 5.87. The molecule has 9 atom stereocenters. The number of carboxylic acids is 1. The van der Waals surface area contributed by atoms with Crippen LogP contribution < -0.4 is 0 Å². The van der Waals surface area contributed by atoms with Gasteiger partial charge in [0.25, 0.3) is 0 Å². The molecular weight excluding hydrogens is 448 g/mol. The third-order valence-corrected chi connectivity index (χ3v) is 13.1. The number of esters is 1. The third-order valence-electron chi connectivity index (χ3n) is 13.1. The molecule has 9 unspecified atom stereocenters. The highest BCUT2D eigenvalue weighted by Crippen LogP contribution is 2.75. The summed E-state index contributed by atoms with van der Waals surface area (Å²) in [6, 6.07) is 0. The van der Waals surface area contributed by atoms with Crippen molar-refractivity contribution in [3.63, 3.8) is 0 Å². The van der Waals surface area contributed by atoms with Gasteiger partial charge < -0.3 is 9.84 Å². The van der Waals surface area contributed by atoms with Gasteiger partial charge in [0.1, 0.15) is 6.10 Å². The molecule has 5 rings (SSSR count). The Balaban J connectivity index is 1.56. The first-order chi connectivity index (χ1) is 16.6. The van der Waals surface area contributed by atoms with Crippen molar-refractivity contribution in [3.8, 4) is 0 Å². The van der Waals surface area contributed by atoms with Crippen LogP contribution in [0.15, 0.2) is 11.6 Å². The molecule has 202 valence electrons. The minimum Gasteiger partial charge on any atom is -0.481 e. The molecule has 36 heavy (non-hydrogen) atoms. The number of fused-ring (bicyclic) bond motifs is 7. The zero-order chi connectivity index (χ0) is 26.5. The molecule has 4 nitrogen and oxygen atoms in total. The fourth-order valence-corrected chi connectivity index (χ4v) is 11.1. The van der Waals surface area contributed by atoms with E-state index in [0.717, 1.165) is 57.8 Å². The average Bonchev–Trinajstić information content (AvgIpc) is 2.75. The molecule has 5 aliphatic rings. The number of hydrogen-bond acceptors (Lipinski definition) is 3. The Kier molecular flexibility index (Phi) is 5.91. The molecule has 0 aromatic carbocycles. The first kappa shape index (κ1) is 26.3. The highest BCUT2D eigenvalue weighted by Gasteiger charge is 2.68. The number of hydrogen-bond donors (Lipinski definition) is 1. The number of ether oxygens (including phenoxy) is 1. The van der Waals surface area contributed by atoms with E-state index in [1.165, 1.54) is 6.92 Å². The molecule has 0 bridgehead atoms. The quantitative estimate of drug-likeness (QED) is 0.313. The summed E-state index contributed by atoms with van der Waals surface area (Å²) in [7, 11) is 0. The maximum Gasteiger partial charge on any atom is 0.306 e. The number of carboxylic acid groups (broad SMARTS) is 1. The lowest BCUT2D eigenvalue weighted by Crippen LogP contribution is -2.65. The van der Waals surface area contributed by atoms with Crippen LogP contribution in [0.3, 0.4) is 0 Å². The van der Waals surface area contributed by atoms with Crippen LogP contribution in [0.4, 0.5) is 0 Å². The van der Waals surface area contributed by atoms with E-state index < -0.39 is 5.97 Å². The van der Waals surface area contributed by atoms with Crippen molar-refractivity contribution in [1.82, 2.24) is 0 Å². The topological polar surface area (TPSA) is 63.6 Å². The number of carbonyl (C=O) groups is 2. The molecular formula is C32H50O4. The van der Waals surface area contributed by atoms with Crippen molar-refractivity contribution in [2.75, 3.05) is 0 Å². The molecule has 4 saturated carbocycles. The largest absolute Gasteiger partial charge is 0.481 e. The van der Waals surface area contributed by atoms with Crippen LogP contribution in [-0.4, -0.2) is 23.1 Å². The Morgan fingerprint density at radius 3 is 2.25 bits per heavy atom. The molecule has 4 heteroatoms. The molecule has 0 aromatic rings. The summed E-state index contributed by atoms with van der Waals surface area (Å²) in [6.45, 7) is 18.5. The van der Waals surface area contributed by atoms with Gasteiger partial charge in [0.15, 0.2) is 0 Å². The molecule has 0 saturated heterocycles. The first-order valence-corrected chi connectivity index (χ1v) is 14.7. The van der Waals surface area contributed by atoms with E-state index in [1.54, 1.807) is 5.57 Å². The Morgan fingerprint density at radius 2 is 1.61 bits per heavy atom. The summed E-state index contributed by atoms with van der Waals surface area (Å²) in [4.78, 5) is 24.6. The van der Waals surface area contributed by atoms with Crippen molar-refractivity contribution in [1.29, 1.82) is 0 Å². The monoisotopic (exact) mass is 498 g/mol. The molecule has 5 aliphatic carbocycles. The Labute approximate surface area is 219 Å². The summed E-state index contributed by atoms with van der Waals surface area (Å²) >= 11 is 0. The van der Waals surface area contributed by atoms with Crippen molar-refractivity contribution >= 4 is 11.9 Å². The van der Waals surface area contributed by atoms with Crippen molar-refractivity contribution in [2.24, 2.45) is 56.7 Å². The number of rotatable bonds is 2. The van der Waals surface area contributed by atoms with Gasteiger partial charge in [-0.3, -0.25) is 9.59 Å². The van der Waals surface area contributed by atoms with Gasteiger partial charge in [0.2, 0.25) is 0 Å². The second-order valence-electron chi connectivity index (χ2n) is 15.6. The molecule has 0 aliphatic heterocycles. The maximum absolute atomic E-state index is 12.7. The molecule has 0 spiro atoms. The lowest BCUT2D eigenvalue weighted by atomic mass is 9.34. The lowest BCUT2D eigenvalue weighted by molar-refractivity contribution is -0.213. The zero-order valence-electron chi connectivity index (χ0n) is 24.1. The van der Waals surface area contributed by atoms with Crippen LogP contribution >= 0.6 is 0 Å². The van der Waals surface area contributed by atoms with E-state index in [-0.39, 0.29) is 45.1 Å². The smallest absolute Gasteiger partial charge is 0.306 e. The summed E-state index contributed by atoms with van der Waals surface area (Å²) in [6.07, 6.45) is 12.1. The number of allylic oxidation sites excluding steroid dienone is 2. The van der Waals surface area contributed by atoms with Gasteiger partial charge in [-0.25, -0.2) is 0 Å². The highest BCUT2D eigenvalue weighted by molar-refractivity contribution is 5.71. The van der Waals surface area contributed by atoms with E-state index in [1.807, 2.05) is 0 Å². The fourth-order valence-electron chi connectivity index (χ4n) is 11.1. The van der Waals surface area contributed by atoms with Crippen LogP contribution in [0, 0.1) is 56.7 Å². The molecule has 0 radical (unpaired) electrons. The van der Waals surface area contributed by atoms with E-state index >= 15 is 0 Å². The SMILES string of the molecule is CC(=O)OC1CCC2(C)C(CCC3(C)C2CC=C2C4CC(C)(C)CCC4C(C(=O)O)CC23C)C1(C)C. The van der Waals surface area contributed by atoms with Crippen molar-refractivity contribution < 1.29 is 19.4 Å².